The van der Waals surface area contributed by atoms with Gasteiger partial charge in [0, 0.05) is 19.1 Å². The Morgan fingerprint density at radius 1 is 1.39 bits per heavy atom. The van der Waals surface area contributed by atoms with E-state index in [0.29, 0.717) is 23.9 Å². The Balaban J connectivity index is 2.32. The van der Waals surface area contributed by atoms with Crippen molar-refractivity contribution in [2.45, 2.75) is 37.1 Å². The highest BCUT2D eigenvalue weighted by Crippen LogP contribution is 2.23. The fraction of sp³-hybridized carbons (Fsp3) is 0.538. The molecule has 1 saturated heterocycles. The van der Waals surface area contributed by atoms with Crippen LogP contribution in [0, 0.1) is 0 Å². The van der Waals surface area contributed by atoms with Gasteiger partial charge >= 0.3 is 0 Å². The SMILES string of the molecule is CC(C)c1cccc(S(=O)(=O)N2CC[C@@H](N)C2)c1. The summed E-state index contributed by atoms with van der Waals surface area (Å²) < 4.78 is 26.3. The average Bonchev–Trinajstić information content (AvgIpc) is 2.77. The highest BCUT2D eigenvalue weighted by Gasteiger charge is 2.30. The summed E-state index contributed by atoms with van der Waals surface area (Å²) in [5.74, 6) is 0.320. The molecule has 0 amide bonds. The molecule has 1 fully saturated rings. The van der Waals surface area contributed by atoms with Crippen LogP contribution in [0.25, 0.3) is 0 Å². The molecule has 0 spiro atoms. The summed E-state index contributed by atoms with van der Waals surface area (Å²) in [4.78, 5) is 0.378. The number of benzene rings is 1. The maximum absolute atomic E-state index is 12.4. The van der Waals surface area contributed by atoms with Crippen molar-refractivity contribution in [1.82, 2.24) is 4.31 Å². The molecule has 1 heterocycles. The van der Waals surface area contributed by atoms with Crippen LogP contribution >= 0.6 is 0 Å². The molecule has 1 aromatic carbocycles. The van der Waals surface area contributed by atoms with Gasteiger partial charge in [0.2, 0.25) is 10.0 Å². The lowest BCUT2D eigenvalue weighted by Gasteiger charge is -2.17. The second-order valence-corrected chi connectivity index (χ2v) is 7.08. The van der Waals surface area contributed by atoms with Gasteiger partial charge in [0.25, 0.3) is 0 Å². The summed E-state index contributed by atoms with van der Waals surface area (Å²) >= 11 is 0. The molecule has 0 aromatic heterocycles. The van der Waals surface area contributed by atoms with Crippen molar-refractivity contribution in [2.24, 2.45) is 5.73 Å². The van der Waals surface area contributed by atoms with Gasteiger partial charge in [-0.1, -0.05) is 26.0 Å². The van der Waals surface area contributed by atoms with Crippen LogP contribution < -0.4 is 5.73 Å². The zero-order valence-electron chi connectivity index (χ0n) is 10.8. The van der Waals surface area contributed by atoms with Crippen LogP contribution in [-0.4, -0.2) is 31.9 Å². The monoisotopic (exact) mass is 268 g/mol. The molecule has 2 rings (SSSR count). The van der Waals surface area contributed by atoms with Crippen molar-refractivity contribution in [3.8, 4) is 0 Å². The average molecular weight is 268 g/mol. The Labute approximate surface area is 109 Å². The number of hydrogen-bond donors (Lipinski definition) is 1. The zero-order valence-corrected chi connectivity index (χ0v) is 11.7. The minimum Gasteiger partial charge on any atom is -0.326 e. The van der Waals surface area contributed by atoms with E-state index in [1.54, 1.807) is 18.2 Å². The topological polar surface area (TPSA) is 63.4 Å². The van der Waals surface area contributed by atoms with Crippen molar-refractivity contribution in [3.63, 3.8) is 0 Å². The number of sulfonamides is 1. The molecule has 5 heteroatoms. The molecule has 0 saturated carbocycles. The molecule has 1 atom stereocenters. The van der Waals surface area contributed by atoms with E-state index in [9.17, 15) is 8.42 Å². The van der Waals surface area contributed by atoms with Crippen LogP contribution in [-0.2, 0) is 10.0 Å². The van der Waals surface area contributed by atoms with Crippen molar-refractivity contribution in [1.29, 1.82) is 0 Å². The molecule has 1 aromatic rings. The van der Waals surface area contributed by atoms with Crippen molar-refractivity contribution >= 4 is 10.0 Å². The highest BCUT2D eigenvalue weighted by molar-refractivity contribution is 7.89. The van der Waals surface area contributed by atoms with Gasteiger partial charge in [0.05, 0.1) is 4.90 Å². The number of nitrogens with zero attached hydrogens (tertiary/aromatic N) is 1. The Morgan fingerprint density at radius 2 is 2.11 bits per heavy atom. The number of rotatable bonds is 3. The third-order valence-corrected chi connectivity index (χ3v) is 5.21. The Kier molecular flexibility index (Phi) is 3.75. The van der Waals surface area contributed by atoms with E-state index in [1.807, 2.05) is 6.07 Å². The summed E-state index contributed by atoms with van der Waals surface area (Å²) in [7, 11) is -3.37. The lowest BCUT2D eigenvalue weighted by Crippen LogP contribution is -2.32. The van der Waals surface area contributed by atoms with Gasteiger partial charge in [0.15, 0.2) is 0 Å². The van der Waals surface area contributed by atoms with Crippen molar-refractivity contribution < 1.29 is 8.42 Å². The first-order valence-corrected chi connectivity index (χ1v) is 7.71. The summed E-state index contributed by atoms with van der Waals surface area (Å²) in [6.07, 6.45) is 0.739. The third kappa shape index (κ3) is 2.58. The van der Waals surface area contributed by atoms with E-state index in [0.717, 1.165) is 12.0 Å². The van der Waals surface area contributed by atoms with E-state index >= 15 is 0 Å². The normalized spacial score (nSPS) is 21.7. The molecule has 18 heavy (non-hydrogen) atoms. The first-order valence-electron chi connectivity index (χ1n) is 6.27. The van der Waals surface area contributed by atoms with E-state index in [-0.39, 0.29) is 6.04 Å². The molecule has 0 aliphatic carbocycles. The fourth-order valence-electron chi connectivity index (χ4n) is 2.16. The van der Waals surface area contributed by atoms with E-state index in [1.165, 1.54) is 4.31 Å². The molecular weight excluding hydrogens is 248 g/mol. The maximum Gasteiger partial charge on any atom is 0.243 e. The molecule has 0 bridgehead atoms. The predicted octanol–water partition coefficient (Wildman–Crippen LogP) is 1.53. The van der Waals surface area contributed by atoms with Gasteiger partial charge in [-0.15, -0.1) is 0 Å². The highest BCUT2D eigenvalue weighted by atomic mass is 32.2. The van der Waals surface area contributed by atoms with Crippen molar-refractivity contribution in [2.75, 3.05) is 13.1 Å². The predicted molar refractivity (Wildman–Crippen MR) is 71.9 cm³/mol. The van der Waals surface area contributed by atoms with Gasteiger partial charge in [0.1, 0.15) is 0 Å². The van der Waals surface area contributed by atoms with Crippen LogP contribution in [0.2, 0.25) is 0 Å². The maximum atomic E-state index is 12.4. The molecule has 4 nitrogen and oxygen atoms in total. The van der Waals surface area contributed by atoms with E-state index in [4.69, 9.17) is 5.73 Å². The van der Waals surface area contributed by atoms with Gasteiger partial charge < -0.3 is 5.73 Å². The Bertz CT molecular complexity index is 526. The molecule has 100 valence electrons. The van der Waals surface area contributed by atoms with Crippen LogP contribution in [0.3, 0.4) is 0 Å². The number of nitrogens with two attached hydrogens (primary N) is 1. The Morgan fingerprint density at radius 3 is 2.67 bits per heavy atom. The largest absolute Gasteiger partial charge is 0.326 e. The zero-order chi connectivity index (χ0) is 13.3. The first-order chi connectivity index (χ1) is 8.41. The van der Waals surface area contributed by atoms with Crippen LogP contribution in [0.4, 0.5) is 0 Å². The summed E-state index contributed by atoms with van der Waals surface area (Å²) in [5.41, 5.74) is 6.81. The minimum absolute atomic E-state index is 0.0342. The number of hydrogen-bond acceptors (Lipinski definition) is 3. The molecule has 0 radical (unpaired) electrons. The van der Waals surface area contributed by atoms with E-state index < -0.39 is 10.0 Å². The van der Waals surface area contributed by atoms with Crippen LogP contribution in [0.5, 0.6) is 0 Å². The fourth-order valence-corrected chi connectivity index (χ4v) is 3.72. The lowest BCUT2D eigenvalue weighted by molar-refractivity contribution is 0.472. The van der Waals surface area contributed by atoms with Gasteiger partial charge in [-0.3, -0.25) is 0 Å². The van der Waals surface area contributed by atoms with E-state index in [2.05, 4.69) is 13.8 Å². The second-order valence-electron chi connectivity index (χ2n) is 5.14. The van der Waals surface area contributed by atoms with Gasteiger partial charge in [-0.05, 0) is 30.0 Å². The summed E-state index contributed by atoms with van der Waals surface area (Å²) in [6, 6.07) is 7.15. The summed E-state index contributed by atoms with van der Waals surface area (Å²) in [5, 5.41) is 0. The molecular formula is C13H20N2O2S. The van der Waals surface area contributed by atoms with Gasteiger partial charge in [-0.25, -0.2) is 8.42 Å². The van der Waals surface area contributed by atoms with Crippen molar-refractivity contribution in [3.05, 3.63) is 29.8 Å². The van der Waals surface area contributed by atoms with Gasteiger partial charge in [-0.2, -0.15) is 4.31 Å². The molecule has 1 aliphatic heterocycles. The molecule has 2 N–H and O–H groups in total. The minimum atomic E-state index is -3.37. The smallest absolute Gasteiger partial charge is 0.243 e. The summed E-state index contributed by atoms with van der Waals surface area (Å²) in [6.45, 7) is 5.05. The Hall–Kier alpha value is -0.910. The second kappa shape index (κ2) is 4.99. The molecule has 0 unspecified atom stereocenters. The molecule has 1 aliphatic rings. The first kappa shape index (κ1) is 13.5. The standard InChI is InChI=1S/C13H20N2O2S/c1-10(2)11-4-3-5-13(8-11)18(16,17)15-7-6-12(14)9-15/h3-5,8,10,12H,6-7,9,14H2,1-2H3/t12-/m1/s1. The lowest BCUT2D eigenvalue weighted by atomic mass is 10.0. The quantitative estimate of drug-likeness (QED) is 0.904. The van der Waals surface area contributed by atoms with Crippen LogP contribution in [0.1, 0.15) is 31.7 Å². The van der Waals surface area contributed by atoms with Crippen LogP contribution in [0.15, 0.2) is 29.2 Å². The third-order valence-electron chi connectivity index (χ3n) is 3.35.